The first kappa shape index (κ1) is 15.6. The first-order chi connectivity index (χ1) is 10.9. The molecule has 0 aliphatic carbocycles. The van der Waals surface area contributed by atoms with E-state index in [0.29, 0.717) is 0 Å². The number of methoxy groups -OCH3 is 1. The van der Waals surface area contributed by atoms with Gasteiger partial charge in [0.2, 0.25) is 0 Å². The van der Waals surface area contributed by atoms with Crippen molar-refractivity contribution in [1.29, 1.82) is 0 Å². The Morgan fingerprint density at radius 1 is 1.22 bits per heavy atom. The Kier molecular flexibility index (Phi) is 3.86. The molecule has 3 rings (SSSR count). The van der Waals surface area contributed by atoms with Gasteiger partial charge in [0.05, 0.1) is 19.4 Å². The highest BCUT2D eigenvalue weighted by atomic mass is 16.5. The lowest BCUT2D eigenvalue weighted by molar-refractivity contribution is 0.282. The Hall–Kier alpha value is -2.33. The highest BCUT2D eigenvalue weighted by molar-refractivity contribution is 5.71. The van der Waals surface area contributed by atoms with Crippen LogP contribution < -0.4 is 4.74 Å². The molecular weight excluding hydrogens is 288 g/mol. The van der Waals surface area contributed by atoms with Gasteiger partial charge in [0, 0.05) is 23.5 Å². The van der Waals surface area contributed by atoms with Gasteiger partial charge in [0.1, 0.15) is 11.4 Å². The van der Waals surface area contributed by atoms with E-state index in [0.717, 1.165) is 28.2 Å². The lowest BCUT2D eigenvalue weighted by Gasteiger charge is -2.20. The molecule has 0 spiro atoms. The van der Waals surface area contributed by atoms with Crippen molar-refractivity contribution in [2.45, 2.75) is 32.8 Å². The van der Waals surface area contributed by atoms with E-state index in [4.69, 9.17) is 9.72 Å². The van der Waals surface area contributed by atoms with Gasteiger partial charge in [-0.15, -0.1) is 0 Å². The summed E-state index contributed by atoms with van der Waals surface area (Å²) in [7, 11) is 1.67. The molecule has 0 amide bonds. The Balaban J connectivity index is 2.21. The molecule has 23 heavy (non-hydrogen) atoms. The highest BCUT2D eigenvalue weighted by Gasteiger charge is 2.18. The van der Waals surface area contributed by atoms with Crippen molar-refractivity contribution in [2.75, 3.05) is 7.11 Å². The summed E-state index contributed by atoms with van der Waals surface area (Å²) in [5.74, 6) is 0.798. The van der Waals surface area contributed by atoms with Crippen molar-refractivity contribution in [1.82, 2.24) is 9.38 Å². The van der Waals surface area contributed by atoms with Crippen molar-refractivity contribution >= 4 is 5.65 Å². The molecule has 1 aromatic carbocycles. The number of pyridine rings is 1. The zero-order valence-electron chi connectivity index (χ0n) is 14.0. The van der Waals surface area contributed by atoms with E-state index < -0.39 is 0 Å². The van der Waals surface area contributed by atoms with Gasteiger partial charge in [0.25, 0.3) is 0 Å². The fourth-order valence-electron chi connectivity index (χ4n) is 2.70. The SMILES string of the molecule is COc1ccc(C(C)(C)C)cc1-c1cn2cccc(CO)c2n1. The summed E-state index contributed by atoms with van der Waals surface area (Å²) in [5.41, 5.74) is 4.67. The summed E-state index contributed by atoms with van der Waals surface area (Å²) in [5, 5.41) is 9.49. The fourth-order valence-corrected chi connectivity index (χ4v) is 2.70. The number of ether oxygens (including phenoxy) is 1. The van der Waals surface area contributed by atoms with E-state index in [1.165, 1.54) is 5.56 Å². The molecule has 0 aliphatic heterocycles. The summed E-state index contributed by atoms with van der Waals surface area (Å²) >= 11 is 0. The molecule has 2 aromatic heterocycles. The van der Waals surface area contributed by atoms with Gasteiger partial charge in [-0.25, -0.2) is 4.98 Å². The molecule has 2 heterocycles. The summed E-state index contributed by atoms with van der Waals surface area (Å²) in [6.07, 6.45) is 3.91. The van der Waals surface area contributed by atoms with Crippen molar-refractivity contribution in [3.8, 4) is 17.0 Å². The normalized spacial score (nSPS) is 11.9. The summed E-state index contributed by atoms with van der Waals surface area (Å²) < 4.78 is 7.46. The monoisotopic (exact) mass is 310 g/mol. The van der Waals surface area contributed by atoms with Crippen molar-refractivity contribution in [3.63, 3.8) is 0 Å². The maximum absolute atomic E-state index is 9.49. The average Bonchev–Trinajstić information content (AvgIpc) is 2.97. The number of fused-ring (bicyclic) bond motifs is 1. The molecule has 0 saturated heterocycles. The third-order valence-corrected chi connectivity index (χ3v) is 4.08. The molecule has 0 saturated carbocycles. The zero-order valence-corrected chi connectivity index (χ0v) is 14.0. The molecule has 120 valence electrons. The number of rotatable bonds is 3. The van der Waals surface area contributed by atoms with Crippen LogP contribution >= 0.6 is 0 Å². The van der Waals surface area contributed by atoms with Crippen LogP contribution in [-0.2, 0) is 12.0 Å². The standard InChI is InChI=1S/C19H22N2O2/c1-19(2,3)14-7-8-17(23-4)15(10-14)16-11-21-9-5-6-13(12-22)18(21)20-16/h5-11,22H,12H2,1-4H3. The van der Waals surface area contributed by atoms with Crippen molar-refractivity contribution < 1.29 is 9.84 Å². The number of imidazole rings is 1. The van der Waals surface area contributed by atoms with Crippen molar-refractivity contribution in [3.05, 3.63) is 53.9 Å². The molecule has 4 nitrogen and oxygen atoms in total. The van der Waals surface area contributed by atoms with Gasteiger partial charge in [-0.3, -0.25) is 0 Å². The second-order valence-electron chi connectivity index (χ2n) is 6.71. The topological polar surface area (TPSA) is 46.8 Å². The number of hydrogen-bond acceptors (Lipinski definition) is 3. The van der Waals surface area contributed by atoms with E-state index in [9.17, 15) is 5.11 Å². The molecule has 0 radical (unpaired) electrons. The lowest BCUT2D eigenvalue weighted by Crippen LogP contribution is -2.11. The third-order valence-electron chi connectivity index (χ3n) is 4.08. The molecule has 0 fully saturated rings. The van der Waals surface area contributed by atoms with Gasteiger partial charge in [-0.05, 0) is 29.2 Å². The molecular formula is C19H22N2O2. The molecule has 0 unspecified atom stereocenters. The average molecular weight is 310 g/mol. The Labute approximate surface area is 136 Å². The fraction of sp³-hybridized carbons (Fsp3) is 0.316. The van der Waals surface area contributed by atoms with Crippen LogP contribution in [0.25, 0.3) is 16.9 Å². The first-order valence-corrected chi connectivity index (χ1v) is 7.70. The summed E-state index contributed by atoms with van der Waals surface area (Å²) in [4.78, 5) is 4.71. The highest BCUT2D eigenvalue weighted by Crippen LogP contribution is 2.34. The number of nitrogens with zero attached hydrogens (tertiary/aromatic N) is 2. The maximum Gasteiger partial charge on any atom is 0.142 e. The molecule has 3 aromatic rings. The largest absolute Gasteiger partial charge is 0.496 e. The third kappa shape index (κ3) is 2.82. The van der Waals surface area contributed by atoms with Crippen LogP contribution in [0.2, 0.25) is 0 Å². The van der Waals surface area contributed by atoms with Crippen LogP contribution in [-0.4, -0.2) is 21.6 Å². The van der Waals surface area contributed by atoms with E-state index in [1.807, 2.05) is 35.0 Å². The maximum atomic E-state index is 9.49. The molecule has 4 heteroatoms. The summed E-state index contributed by atoms with van der Waals surface area (Å²) in [6, 6.07) is 10.0. The van der Waals surface area contributed by atoms with Gasteiger partial charge in [-0.1, -0.05) is 32.9 Å². The lowest BCUT2D eigenvalue weighted by atomic mass is 9.86. The second kappa shape index (κ2) is 5.70. The molecule has 0 aliphatic rings. The zero-order chi connectivity index (χ0) is 16.6. The van der Waals surface area contributed by atoms with Crippen molar-refractivity contribution in [2.24, 2.45) is 0 Å². The number of aliphatic hydroxyl groups excluding tert-OH is 1. The predicted molar refractivity (Wildman–Crippen MR) is 91.8 cm³/mol. The quantitative estimate of drug-likeness (QED) is 0.800. The van der Waals surface area contributed by atoms with Crippen LogP contribution in [0.15, 0.2) is 42.7 Å². The van der Waals surface area contributed by atoms with E-state index in [-0.39, 0.29) is 12.0 Å². The van der Waals surface area contributed by atoms with Gasteiger partial charge >= 0.3 is 0 Å². The van der Waals surface area contributed by atoms with E-state index in [1.54, 1.807) is 7.11 Å². The van der Waals surface area contributed by atoms with Crippen LogP contribution in [0.4, 0.5) is 0 Å². The minimum Gasteiger partial charge on any atom is -0.496 e. The van der Waals surface area contributed by atoms with Gasteiger partial charge < -0.3 is 14.2 Å². The molecule has 1 N–H and O–H groups in total. The number of aliphatic hydroxyl groups is 1. The van der Waals surface area contributed by atoms with E-state index in [2.05, 4.69) is 32.9 Å². The predicted octanol–water partition coefficient (Wildman–Crippen LogP) is 3.80. The molecule has 0 bridgehead atoms. The van der Waals surface area contributed by atoms with Crippen LogP contribution in [0.5, 0.6) is 5.75 Å². The van der Waals surface area contributed by atoms with Gasteiger partial charge in [0.15, 0.2) is 0 Å². The Morgan fingerprint density at radius 3 is 2.65 bits per heavy atom. The molecule has 0 atom stereocenters. The van der Waals surface area contributed by atoms with E-state index >= 15 is 0 Å². The minimum absolute atomic E-state index is 0.0278. The Morgan fingerprint density at radius 2 is 2.00 bits per heavy atom. The van der Waals surface area contributed by atoms with Crippen LogP contribution in [0.1, 0.15) is 31.9 Å². The smallest absolute Gasteiger partial charge is 0.142 e. The van der Waals surface area contributed by atoms with Crippen LogP contribution in [0.3, 0.4) is 0 Å². The van der Waals surface area contributed by atoms with Gasteiger partial charge in [-0.2, -0.15) is 0 Å². The number of aromatic nitrogens is 2. The number of benzene rings is 1. The second-order valence-corrected chi connectivity index (χ2v) is 6.71. The number of hydrogen-bond donors (Lipinski definition) is 1. The summed E-state index contributed by atoms with van der Waals surface area (Å²) in [6.45, 7) is 6.53. The Bertz CT molecular complexity index is 844. The first-order valence-electron chi connectivity index (χ1n) is 7.70. The van der Waals surface area contributed by atoms with Crippen LogP contribution in [0, 0.1) is 0 Å². The minimum atomic E-state index is -0.0278.